The zero-order chi connectivity index (χ0) is 12.0. The predicted octanol–water partition coefficient (Wildman–Crippen LogP) is 3.30. The van der Waals surface area contributed by atoms with Gasteiger partial charge in [-0.3, -0.25) is 4.79 Å². The van der Waals surface area contributed by atoms with E-state index in [1.54, 1.807) is 0 Å². The van der Waals surface area contributed by atoms with E-state index in [0.717, 1.165) is 19.3 Å². The molecule has 1 N–H and O–H groups in total. The summed E-state index contributed by atoms with van der Waals surface area (Å²) in [5.74, 6) is -0.118. The highest BCUT2D eigenvalue weighted by atomic mass is 35.5. The normalized spacial score (nSPS) is 10.2. The van der Waals surface area contributed by atoms with Crippen molar-refractivity contribution in [1.29, 1.82) is 0 Å². The van der Waals surface area contributed by atoms with Crippen LogP contribution in [0.15, 0.2) is 6.33 Å². The van der Waals surface area contributed by atoms with Crippen LogP contribution in [0.1, 0.15) is 32.6 Å². The summed E-state index contributed by atoms with van der Waals surface area (Å²) in [4.78, 5) is 19.0. The van der Waals surface area contributed by atoms with E-state index < -0.39 is 0 Å². The Bertz CT molecular complexity index is 351. The molecule has 0 saturated carbocycles. The minimum atomic E-state index is -0.118. The zero-order valence-corrected chi connectivity index (χ0v) is 10.5. The highest BCUT2D eigenvalue weighted by Gasteiger charge is 2.11. The molecule has 4 nitrogen and oxygen atoms in total. The SMILES string of the molecule is CCCCCC(=O)Nc1c(Cl)ncnc1Cl. The molecular formula is C10H13Cl2N3O. The molecule has 88 valence electrons. The number of carbonyl (C=O) groups is 1. The first kappa shape index (κ1) is 13.2. The molecule has 1 amide bonds. The fourth-order valence-corrected chi connectivity index (χ4v) is 1.59. The Balaban J connectivity index is 2.56. The lowest BCUT2D eigenvalue weighted by Crippen LogP contribution is -2.12. The summed E-state index contributed by atoms with van der Waals surface area (Å²) in [6, 6.07) is 0. The maximum absolute atomic E-state index is 11.5. The summed E-state index contributed by atoms with van der Waals surface area (Å²) in [7, 11) is 0. The molecule has 1 heterocycles. The van der Waals surface area contributed by atoms with Gasteiger partial charge in [0, 0.05) is 6.42 Å². The van der Waals surface area contributed by atoms with Gasteiger partial charge in [0.05, 0.1) is 0 Å². The minimum Gasteiger partial charge on any atom is -0.321 e. The highest BCUT2D eigenvalue weighted by molar-refractivity contribution is 6.38. The Morgan fingerprint density at radius 2 is 1.94 bits per heavy atom. The van der Waals surface area contributed by atoms with Crippen LogP contribution >= 0.6 is 23.2 Å². The lowest BCUT2D eigenvalue weighted by molar-refractivity contribution is -0.116. The average molecular weight is 262 g/mol. The van der Waals surface area contributed by atoms with Crippen molar-refractivity contribution in [2.45, 2.75) is 32.6 Å². The van der Waals surface area contributed by atoms with Gasteiger partial charge in [-0.2, -0.15) is 0 Å². The fourth-order valence-electron chi connectivity index (χ4n) is 1.19. The number of hydrogen-bond acceptors (Lipinski definition) is 3. The molecule has 1 aromatic rings. The summed E-state index contributed by atoms with van der Waals surface area (Å²) in [5.41, 5.74) is 0.285. The van der Waals surface area contributed by atoms with Crippen molar-refractivity contribution in [2.24, 2.45) is 0 Å². The van der Waals surface area contributed by atoms with Crippen LogP contribution < -0.4 is 5.32 Å². The van der Waals surface area contributed by atoms with Crippen LogP contribution in [0, 0.1) is 0 Å². The monoisotopic (exact) mass is 261 g/mol. The number of rotatable bonds is 5. The first-order valence-corrected chi connectivity index (χ1v) is 5.86. The van der Waals surface area contributed by atoms with Gasteiger partial charge in [0.2, 0.25) is 5.91 Å². The first-order chi connectivity index (χ1) is 7.65. The number of nitrogens with zero attached hydrogens (tertiary/aromatic N) is 2. The molecule has 0 aliphatic rings. The zero-order valence-electron chi connectivity index (χ0n) is 8.96. The second-order valence-electron chi connectivity index (χ2n) is 3.34. The fraction of sp³-hybridized carbons (Fsp3) is 0.500. The van der Waals surface area contributed by atoms with Crippen molar-refractivity contribution in [2.75, 3.05) is 5.32 Å². The van der Waals surface area contributed by atoms with Crippen molar-refractivity contribution in [3.63, 3.8) is 0 Å². The second kappa shape index (κ2) is 6.66. The highest BCUT2D eigenvalue weighted by Crippen LogP contribution is 2.25. The van der Waals surface area contributed by atoms with Gasteiger partial charge in [-0.05, 0) is 6.42 Å². The van der Waals surface area contributed by atoms with Crippen LogP contribution in [0.2, 0.25) is 10.3 Å². The van der Waals surface area contributed by atoms with Gasteiger partial charge in [-0.1, -0.05) is 43.0 Å². The second-order valence-corrected chi connectivity index (χ2v) is 4.05. The van der Waals surface area contributed by atoms with E-state index in [4.69, 9.17) is 23.2 Å². The Kier molecular flexibility index (Phi) is 5.49. The van der Waals surface area contributed by atoms with E-state index >= 15 is 0 Å². The Labute approximate surface area is 104 Å². The largest absolute Gasteiger partial charge is 0.321 e. The number of anilines is 1. The van der Waals surface area contributed by atoms with Gasteiger partial charge in [0.1, 0.15) is 12.0 Å². The summed E-state index contributed by atoms with van der Waals surface area (Å²) in [6.45, 7) is 2.08. The van der Waals surface area contributed by atoms with Crippen molar-refractivity contribution in [1.82, 2.24) is 9.97 Å². The van der Waals surface area contributed by atoms with Crippen LogP contribution in [0.25, 0.3) is 0 Å². The number of hydrogen-bond donors (Lipinski definition) is 1. The quantitative estimate of drug-likeness (QED) is 0.654. The lowest BCUT2D eigenvalue weighted by Gasteiger charge is -2.07. The summed E-state index contributed by atoms with van der Waals surface area (Å²) < 4.78 is 0. The van der Waals surface area contributed by atoms with E-state index in [2.05, 4.69) is 22.2 Å². The molecule has 0 aromatic carbocycles. The van der Waals surface area contributed by atoms with E-state index in [0.29, 0.717) is 6.42 Å². The van der Waals surface area contributed by atoms with E-state index in [9.17, 15) is 4.79 Å². The number of aromatic nitrogens is 2. The molecule has 0 fully saturated rings. The van der Waals surface area contributed by atoms with E-state index in [-0.39, 0.29) is 21.9 Å². The minimum absolute atomic E-state index is 0.118. The Morgan fingerprint density at radius 1 is 1.31 bits per heavy atom. The third-order valence-electron chi connectivity index (χ3n) is 2.03. The lowest BCUT2D eigenvalue weighted by atomic mass is 10.2. The summed E-state index contributed by atoms with van der Waals surface area (Å²) in [6.07, 6.45) is 4.65. The van der Waals surface area contributed by atoms with Crippen LogP contribution in [-0.2, 0) is 4.79 Å². The molecule has 1 rings (SSSR count). The van der Waals surface area contributed by atoms with Crippen LogP contribution in [0.5, 0.6) is 0 Å². The Hall–Kier alpha value is -0.870. The molecule has 1 aromatic heterocycles. The predicted molar refractivity (Wildman–Crippen MR) is 64.8 cm³/mol. The van der Waals surface area contributed by atoms with Crippen LogP contribution in [0.3, 0.4) is 0 Å². The maximum Gasteiger partial charge on any atom is 0.224 e. The molecule has 0 atom stereocenters. The maximum atomic E-state index is 11.5. The van der Waals surface area contributed by atoms with Gasteiger partial charge in [-0.15, -0.1) is 0 Å². The van der Waals surface area contributed by atoms with E-state index in [1.807, 2.05) is 0 Å². The van der Waals surface area contributed by atoms with Gasteiger partial charge < -0.3 is 5.32 Å². The number of carbonyl (C=O) groups excluding carboxylic acids is 1. The van der Waals surface area contributed by atoms with Gasteiger partial charge in [-0.25, -0.2) is 9.97 Å². The van der Waals surface area contributed by atoms with Crippen LogP contribution in [0.4, 0.5) is 5.69 Å². The molecule has 0 spiro atoms. The summed E-state index contributed by atoms with van der Waals surface area (Å²) >= 11 is 11.6. The molecule has 0 aliphatic heterocycles. The molecule has 0 aliphatic carbocycles. The number of unbranched alkanes of at least 4 members (excludes halogenated alkanes) is 2. The Morgan fingerprint density at radius 3 is 2.50 bits per heavy atom. The van der Waals surface area contributed by atoms with E-state index in [1.165, 1.54) is 6.33 Å². The molecule has 0 bridgehead atoms. The molecule has 16 heavy (non-hydrogen) atoms. The number of nitrogens with one attached hydrogen (secondary N) is 1. The third kappa shape index (κ3) is 3.94. The van der Waals surface area contributed by atoms with Crippen LogP contribution in [-0.4, -0.2) is 15.9 Å². The summed E-state index contributed by atoms with van der Waals surface area (Å²) in [5, 5.41) is 2.92. The molecule has 0 unspecified atom stereocenters. The topological polar surface area (TPSA) is 54.9 Å². The molecular weight excluding hydrogens is 249 g/mol. The first-order valence-electron chi connectivity index (χ1n) is 5.11. The standard InChI is InChI=1S/C10H13Cl2N3O/c1-2-3-4-5-7(16)15-8-9(11)13-6-14-10(8)12/h6H,2-5H2,1H3,(H,15,16). The number of amides is 1. The smallest absolute Gasteiger partial charge is 0.224 e. The average Bonchev–Trinajstić information content (AvgIpc) is 2.24. The van der Waals surface area contributed by atoms with Crippen molar-refractivity contribution < 1.29 is 4.79 Å². The molecule has 6 heteroatoms. The molecule has 0 radical (unpaired) electrons. The van der Waals surface area contributed by atoms with Gasteiger partial charge >= 0.3 is 0 Å². The van der Waals surface area contributed by atoms with Crippen molar-refractivity contribution in [3.8, 4) is 0 Å². The van der Waals surface area contributed by atoms with Crippen molar-refractivity contribution >= 4 is 34.8 Å². The van der Waals surface area contributed by atoms with Gasteiger partial charge in [0.25, 0.3) is 0 Å². The third-order valence-corrected chi connectivity index (χ3v) is 2.60. The number of halogens is 2. The van der Waals surface area contributed by atoms with Gasteiger partial charge in [0.15, 0.2) is 10.3 Å². The molecule has 0 saturated heterocycles. The van der Waals surface area contributed by atoms with Crippen molar-refractivity contribution in [3.05, 3.63) is 16.6 Å².